The van der Waals surface area contributed by atoms with Crippen LogP contribution < -0.4 is 10.6 Å². The molecule has 0 amide bonds. The number of aromatic nitrogens is 2. The van der Waals surface area contributed by atoms with Gasteiger partial charge in [0.05, 0.1) is 4.92 Å². The molecule has 2 N–H and O–H groups in total. The lowest BCUT2D eigenvalue weighted by Gasteiger charge is -2.22. The third-order valence-electron chi connectivity index (χ3n) is 2.96. The lowest BCUT2D eigenvalue weighted by atomic mass is 10.00. The predicted octanol–water partition coefficient (Wildman–Crippen LogP) is 0.740. The highest BCUT2D eigenvalue weighted by Crippen LogP contribution is 2.22. The highest BCUT2D eigenvalue weighted by molar-refractivity contribution is 5.54. The molecule has 0 saturated carbocycles. The fourth-order valence-electron chi connectivity index (χ4n) is 2.07. The lowest BCUT2D eigenvalue weighted by Crippen LogP contribution is -2.33. The first-order chi connectivity index (χ1) is 8.16. The fourth-order valence-corrected chi connectivity index (χ4v) is 2.07. The molecule has 2 heterocycles. The lowest BCUT2D eigenvalue weighted by molar-refractivity contribution is -0.384. The summed E-state index contributed by atoms with van der Waals surface area (Å²) in [6, 6.07) is 0. The Kier molecular flexibility index (Phi) is 3.58. The van der Waals surface area contributed by atoms with Crippen molar-refractivity contribution in [1.29, 1.82) is 0 Å². The van der Waals surface area contributed by atoms with E-state index < -0.39 is 4.92 Å². The van der Waals surface area contributed by atoms with Crippen molar-refractivity contribution in [2.75, 3.05) is 25.0 Å². The van der Waals surface area contributed by atoms with Crippen LogP contribution in [0.4, 0.5) is 11.5 Å². The number of nitrogens with one attached hydrogen (secondary N) is 2. The van der Waals surface area contributed by atoms with Crippen molar-refractivity contribution in [2.45, 2.75) is 12.8 Å². The third-order valence-corrected chi connectivity index (χ3v) is 2.96. The van der Waals surface area contributed by atoms with Gasteiger partial charge in [-0.15, -0.1) is 5.10 Å². The van der Waals surface area contributed by atoms with Crippen LogP contribution >= 0.6 is 0 Å². The minimum Gasteiger partial charge on any atom is -0.363 e. The van der Waals surface area contributed by atoms with Crippen molar-refractivity contribution in [2.24, 2.45) is 13.0 Å². The predicted molar refractivity (Wildman–Crippen MR) is 63.9 cm³/mol. The molecular formula is C10H17N5O2. The average Bonchev–Trinajstić information content (AvgIpc) is 2.69. The molecule has 0 spiro atoms. The number of nitrogens with zero attached hydrogens (tertiary/aromatic N) is 3. The first-order valence-corrected chi connectivity index (χ1v) is 5.79. The van der Waals surface area contributed by atoms with Gasteiger partial charge in [-0.25, -0.2) is 0 Å². The van der Waals surface area contributed by atoms with Crippen LogP contribution in [0.3, 0.4) is 0 Å². The quantitative estimate of drug-likeness (QED) is 0.598. The van der Waals surface area contributed by atoms with E-state index in [1.54, 1.807) is 7.05 Å². The Balaban J connectivity index is 1.95. The van der Waals surface area contributed by atoms with Gasteiger partial charge in [0.15, 0.2) is 0 Å². The third kappa shape index (κ3) is 2.94. The molecule has 1 fully saturated rings. The first kappa shape index (κ1) is 11.8. The second-order valence-corrected chi connectivity index (χ2v) is 4.39. The largest absolute Gasteiger partial charge is 0.363 e. The Bertz CT molecular complexity index is 397. The topological polar surface area (TPSA) is 85.0 Å². The van der Waals surface area contributed by atoms with Crippen LogP contribution in [0.1, 0.15) is 12.8 Å². The van der Waals surface area contributed by atoms with Crippen molar-refractivity contribution < 1.29 is 4.92 Å². The number of anilines is 1. The zero-order valence-corrected chi connectivity index (χ0v) is 9.85. The molecule has 1 aromatic heterocycles. The SMILES string of the molecule is Cn1cc([N+](=O)[O-])c(NCC2CCCNC2)n1. The van der Waals surface area contributed by atoms with Crippen molar-refractivity contribution in [3.8, 4) is 0 Å². The van der Waals surface area contributed by atoms with Gasteiger partial charge in [0.25, 0.3) is 0 Å². The number of rotatable bonds is 4. The molecule has 94 valence electrons. The first-order valence-electron chi connectivity index (χ1n) is 5.79. The second kappa shape index (κ2) is 5.13. The van der Waals surface area contributed by atoms with Gasteiger partial charge in [0.2, 0.25) is 5.82 Å². The van der Waals surface area contributed by atoms with Crippen LogP contribution in [-0.2, 0) is 7.05 Å². The Morgan fingerprint density at radius 3 is 3.24 bits per heavy atom. The van der Waals surface area contributed by atoms with E-state index in [0.29, 0.717) is 11.7 Å². The summed E-state index contributed by atoms with van der Waals surface area (Å²) >= 11 is 0. The van der Waals surface area contributed by atoms with E-state index in [1.807, 2.05) is 0 Å². The van der Waals surface area contributed by atoms with Crippen LogP contribution in [0.2, 0.25) is 0 Å². The molecule has 0 aromatic carbocycles. The maximum absolute atomic E-state index is 10.8. The zero-order chi connectivity index (χ0) is 12.3. The van der Waals surface area contributed by atoms with Gasteiger partial charge >= 0.3 is 5.69 Å². The molecule has 0 aliphatic carbocycles. The van der Waals surface area contributed by atoms with Crippen LogP contribution in [-0.4, -0.2) is 34.3 Å². The Morgan fingerprint density at radius 1 is 1.76 bits per heavy atom. The summed E-state index contributed by atoms with van der Waals surface area (Å²) in [6.07, 6.45) is 3.73. The summed E-state index contributed by atoms with van der Waals surface area (Å²) < 4.78 is 1.46. The molecule has 7 heteroatoms. The standard InChI is InChI=1S/C10H17N5O2/c1-14-7-9(15(16)17)10(13-14)12-6-8-3-2-4-11-5-8/h7-8,11H,2-6H2,1H3,(H,12,13). The summed E-state index contributed by atoms with van der Waals surface area (Å²) in [5.74, 6) is 0.883. The van der Waals surface area contributed by atoms with Gasteiger partial charge in [0.1, 0.15) is 6.20 Å². The van der Waals surface area contributed by atoms with Crippen molar-refractivity contribution in [3.63, 3.8) is 0 Å². The van der Waals surface area contributed by atoms with Crippen molar-refractivity contribution >= 4 is 11.5 Å². The second-order valence-electron chi connectivity index (χ2n) is 4.39. The number of aryl methyl sites for hydroxylation is 1. The summed E-state index contributed by atoms with van der Waals surface area (Å²) in [7, 11) is 1.68. The van der Waals surface area contributed by atoms with E-state index in [4.69, 9.17) is 0 Å². The summed E-state index contributed by atoms with van der Waals surface area (Å²) in [5.41, 5.74) is 0.0382. The van der Waals surface area contributed by atoms with E-state index in [-0.39, 0.29) is 5.69 Å². The highest BCUT2D eigenvalue weighted by Gasteiger charge is 2.20. The van der Waals surface area contributed by atoms with Crippen LogP contribution in [0.15, 0.2) is 6.20 Å². The maximum Gasteiger partial charge on any atom is 0.330 e. The molecule has 7 nitrogen and oxygen atoms in total. The Hall–Kier alpha value is -1.63. The Morgan fingerprint density at radius 2 is 2.59 bits per heavy atom. The van der Waals surface area contributed by atoms with Crippen LogP contribution in [0.5, 0.6) is 0 Å². The van der Waals surface area contributed by atoms with Crippen molar-refractivity contribution in [1.82, 2.24) is 15.1 Å². The maximum atomic E-state index is 10.8. The molecule has 1 aliphatic heterocycles. The van der Waals surface area contributed by atoms with Gasteiger partial charge in [-0.1, -0.05) is 0 Å². The number of hydrogen-bond acceptors (Lipinski definition) is 5. The van der Waals surface area contributed by atoms with E-state index in [0.717, 1.165) is 32.5 Å². The molecule has 1 unspecified atom stereocenters. The van der Waals surface area contributed by atoms with Gasteiger partial charge in [-0.3, -0.25) is 14.8 Å². The normalized spacial score (nSPS) is 20.2. The summed E-state index contributed by atoms with van der Waals surface area (Å²) in [6.45, 7) is 2.76. The smallest absolute Gasteiger partial charge is 0.330 e. The Labute approximate surface area is 99.3 Å². The molecule has 1 aliphatic rings. The minimum atomic E-state index is -0.408. The molecule has 0 bridgehead atoms. The van der Waals surface area contributed by atoms with Crippen molar-refractivity contribution in [3.05, 3.63) is 16.3 Å². The van der Waals surface area contributed by atoms with Crippen LogP contribution in [0, 0.1) is 16.0 Å². The summed E-state index contributed by atoms with van der Waals surface area (Å²) in [4.78, 5) is 10.4. The monoisotopic (exact) mass is 239 g/mol. The van der Waals surface area contributed by atoms with E-state index >= 15 is 0 Å². The molecule has 2 rings (SSSR count). The molecule has 1 saturated heterocycles. The van der Waals surface area contributed by atoms with Gasteiger partial charge in [-0.2, -0.15) is 0 Å². The van der Waals surface area contributed by atoms with Gasteiger partial charge in [0, 0.05) is 13.6 Å². The molecule has 1 atom stereocenters. The van der Waals surface area contributed by atoms with E-state index in [1.165, 1.54) is 10.9 Å². The van der Waals surface area contributed by atoms with Gasteiger partial charge in [-0.05, 0) is 31.8 Å². The summed E-state index contributed by atoms with van der Waals surface area (Å²) in [5, 5.41) is 21.2. The van der Waals surface area contributed by atoms with E-state index in [2.05, 4.69) is 15.7 Å². The number of piperidine rings is 1. The molecule has 1 aromatic rings. The van der Waals surface area contributed by atoms with E-state index in [9.17, 15) is 10.1 Å². The molecule has 0 radical (unpaired) electrons. The number of hydrogen-bond donors (Lipinski definition) is 2. The molecular weight excluding hydrogens is 222 g/mol. The number of nitro groups is 1. The fraction of sp³-hybridized carbons (Fsp3) is 0.700. The van der Waals surface area contributed by atoms with Crippen LogP contribution in [0.25, 0.3) is 0 Å². The average molecular weight is 239 g/mol. The zero-order valence-electron chi connectivity index (χ0n) is 9.85. The highest BCUT2D eigenvalue weighted by atomic mass is 16.6. The molecule has 17 heavy (non-hydrogen) atoms. The van der Waals surface area contributed by atoms with Gasteiger partial charge < -0.3 is 10.6 Å². The minimum absolute atomic E-state index is 0.0382.